The zero-order valence-electron chi connectivity index (χ0n) is 17.5. The number of hydrogen-bond acceptors (Lipinski definition) is 5. The number of carbonyl (C=O) groups excluding carboxylic acids is 1. The second kappa shape index (κ2) is 10.9. The predicted molar refractivity (Wildman–Crippen MR) is 129 cm³/mol. The summed E-state index contributed by atoms with van der Waals surface area (Å²) in [5.74, 6) is -0.104. The van der Waals surface area contributed by atoms with Crippen molar-refractivity contribution in [3.63, 3.8) is 0 Å². The molecule has 6 nitrogen and oxygen atoms in total. The number of thioether (sulfide) groups is 1. The molecular weight excluding hydrogens is 468 g/mol. The third kappa shape index (κ3) is 6.26. The fraction of sp³-hybridized carbons (Fsp3) is 0.174. The average molecular weight is 491 g/mol. The zero-order valence-corrected chi connectivity index (χ0v) is 19.9. The second-order valence-electron chi connectivity index (χ2n) is 6.88. The van der Waals surface area contributed by atoms with Gasteiger partial charge < -0.3 is 10.1 Å². The number of halogens is 1. The minimum atomic E-state index is -4.03. The molecule has 0 saturated heterocycles. The molecule has 32 heavy (non-hydrogen) atoms. The number of nitrogens with one attached hydrogen (secondary N) is 2. The van der Waals surface area contributed by atoms with Gasteiger partial charge in [-0.25, -0.2) is 8.42 Å². The fourth-order valence-electron chi connectivity index (χ4n) is 3.04. The van der Waals surface area contributed by atoms with Gasteiger partial charge in [0.25, 0.3) is 0 Å². The van der Waals surface area contributed by atoms with Crippen LogP contribution >= 0.6 is 23.4 Å². The number of hydrogen-bond donors (Lipinski definition) is 2. The Morgan fingerprint density at radius 1 is 1.06 bits per heavy atom. The standard InChI is InChI=1S/C23H23ClN2O4S2/c1-30-22-12-11-19(15-20(22)24)32(28,29)26-21(13-16-7-4-3-5-8-16)23(27)25-17-9-6-10-18(14-17)31-2/h3-12,14-15,21,26H,13H2,1-2H3,(H,25,27). The molecule has 1 unspecified atom stereocenters. The summed E-state index contributed by atoms with van der Waals surface area (Å²) >= 11 is 7.65. The summed E-state index contributed by atoms with van der Waals surface area (Å²) in [6, 6.07) is 19.7. The average Bonchev–Trinajstić information content (AvgIpc) is 2.79. The van der Waals surface area contributed by atoms with E-state index in [2.05, 4.69) is 10.0 Å². The summed E-state index contributed by atoms with van der Waals surface area (Å²) in [6.45, 7) is 0. The maximum Gasteiger partial charge on any atom is 0.242 e. The quantitative estimate of drug-likeness (QED) is 0.428. The highest BCUT2D eigenvalue weighted by molar-refractivity contribution is 7.98. The Hall–Kier alpha value is -2.52. The highest BCUT2D eigenvalue weighted by Gasteiger charge is 2.27. The van der Waals surface area contributed by atoms with E-state index in [0.29, 0.717) is 11.4 Å². The smallest absolute Gasteiger partial charge is 0.242 e. The summed E-state index contributed by atoms with van der Waals surface area (Å²) in [5.41, 5.74) is 1.41. The zero-order chi connectivity index (χ0) is 23.1. The lowest BCUT2D eigenvalue weighted by atomic mass is 10.1. The SMILES string of the molecule is COc1ccc(S(=O)(=O)NC(Cc2ccccc2)C(=O)Nc2cccc(SC)c2)cc1Cl. The van der Waals surface area contributed by atoms with Gasteiger partial charge in [-0.05, 0) is 54.6 Å². The molecule has 0 aliphatic rings. The van der Waals surface area contributed by atoms with Crippen LogP contribution in [-0.2, 0) is 21.2 Å². The van der Waals surface area contributed by atoms with E-state index in [-0.39, 0.29) is 16.3 Å². The van der Waals surface area contributed by atoms with Crippen molar-refractivity contribution in [2.24, 2.45) is 0 Å². The molecule has 3 aromatic carbocycles. The van der Waals surface area contributed by atoms with Crippen LogP contribution in [0.3, 0.4) is 0 Å². The Morgan fingerprint density at radius 2 is 1.81 bits per heavy atom. The minimum Gasteiger partial charge on any atom is -0.495 e. The molecule has 0 bridgehead atoms. The van der Waals surface area contributed by atoms with Crippen molar-refractivity contribution in [2.75, 3.05) is 18.7 Å². The summed E-state index contributed by atoms with van der Waals surface area (Å²) in [5, 5.41) is 2.98. The van der Waals surface area contributed by atoms with E-state index in [1.807, 2.05) is 54.8 Å². The maximum atomic E-state index is 13.1. The Morgan fingerprint density at radius 3 is 2.47 bits per heavy atom. The summed E-state index contributed by atoms with van der Waals surface area (Å²) in [4.78, 5) is 14.0. The molecule has 0 aliphatic carbocycles. The number of amides is 1. The highest BCUT2D eigenvalue weighted by Crippen LogP contribution is 2.27. The molecule has 0 aliphatic heterocycles. The first-order valence-electron chi connectivity index (χ1n) is 9.67. The fourth-order valence-corrected chi connectivity index (χ4v) is 5.04. The van der Waals surface area contributed by atoms with Gasteiger partial charge in [0.2, 0.25) is 15.9 Å². The number of carbonyl (C=O) groups is 1. The van der Waals surface area contributed by atoms with Crippen molar-refractivity contribution in [3.8, 4) is 5.75 Å². The van der Waals surface area contributed by atoms with E-state index in [0.717, 1.165) is 10.5 Å². The van der Waals surface area contributed by atoms with Gasteiger partial charge in [-0.1, -0.05) is 48.0 Å². The van der Waals surface area contributed by atoms with Crippen LogP contribution in [0.25, 0.3) is 0 Å². The lowest BCUT2D eigenvalue weighted by Gasteiger charge is -2.19. The lowest BCUT2D eigenvalue weighted by molar-refractivity contribution is -0.117. The number of sulfonamides is 1. The van der Waals surface area contributed by atoms with Crippen LogP contribution in [0.4, 0.5) is 5.69 Å². The van der Waals surface area contributed by atoms with Crippen LogP contribution in [0.1, 0.15) is 5.56 Å². The summed E-state index contributed by atoms with van der Waals surface area (Å²) < 4.78 is 33.7. The minimum absolute atomic E-state index is 0.0569. The van der Waals surface area contributed by atoms with Crippen LogP contribution in [0.5, 0.6) is 5.75 Å². The van der Waals surface area contributed by atoms with E-state index in [1.165, 1.54) is 25.3 Å². The second-order valence-corrected chi connectivity index (χ2v) is 9.88. The van der Waals surface area contributed by atoms with Crippen molar-refractivity contribution >= 4 is 45.0 Å². The predicted octanol–water partition coefficient (Wildman–Crippen LogP) is 4.60. The molecule has 0 saturated carbocycles. The number of anilines is 1. The van der Waals surface area contributed by atoms with Crippen LogP contribution in [-0.4, -0.2) is 33.7 Å². The molecule has 3 aromatic rings. The van der Waals surface area contributed by atoms with Crippen molar-refractivity contribution in [3.05, 3.63) is 83.4 Å². The molecule has 168 valence electrons. The van der Waals surface area contributed by atoms with Gasteiger partial charge in [0.1, 0.15) is 11.8 Å². The first-order valence-corrected chi connectivity index (χ1v) is 12.8. The van der Waals surface area contributed by atoms with Crippen LogP contribution in [0.15, 0.2) is 82.6 Å². The van der Waals surface area contributed by atoms with Gasteiger partial charge >= 0.3 is 0 Å². The molecule has 0 aromatic heterocycles. The maximum absolute atomic E-state index is 13.1. The van der Waals surface area contributed by atoms with Gasteiger partial charge in [0, 0.05) is 10.6 Å². The van der Waals surface area contributed by atoms with Crippen LogP contribution in [0.2, 0.25) is 5.02 Å². The Balaban J connectivity index is 1.88. The third-order valence-electron chi connectivity index (χ3n) is 4.67. The third-order valence-corrected chi connectivity index (χ3v) is 7.16. The van der Waals surface area contributed by atoms with Gasteiger partial charge in [0.15, 0.2) is 0 Å². The van der Waals surface area contributed by atoms with E-state index in [4.69, 9.17) is 16.3 Å². The van der Waals surface area contributed by atoms with Crippen molar-refractivity contribution in [1.82, 2.24) is 4.72 Å². The first-order chi connectivity index (χ1) is 15.3. The molecular formula is C23H23ClN2O4S2. The Bertz CT molecular complexity index is 1190. The highest BCUT2D eigenvalue weighted by atomic mass is 35.5. The summed E-state index contributed by atoms with van der Waals surface area (Å²) in [7, 11) is -2.59. The Kier molecular flexibility index (Phi) is 8.20. The van der Waals surface area contributed by atoms with Gasteiger partial charge in [-0.3, -0.25) is 4.79 Å². The molecule has 9 heteroatoms. The number of ether oxygens (including phenoxy) is 1. The molecule has 1 amide bonds. The summed E-state index contributed by atoms with van der Waals surface area (Å²) in [6.07, 6.45) is 2.12. The van der Waals surface area contributed by atoms with E-state index in [9.17, 15) is 13.2 Å². The van der Waals surface area contributed by atoms with Crippen LogP contribution < -0.4 is 14.8 Å². The van der Waals surface area contributed by atoms with Crippen LogP contribution in [0, 0.1) is 0 Å². The lowest BCUT2D eigenvalue weighted by Crippen LogP contribution is -2.45. The van der Waals surface area contributed by atoms with Crippen molar-refractivity contribution in [1.29, 1.82) is 0 Å². The number of benzene rings is 3. The number of methoxy groups -OCH3 is 1. The van der Waals surface area contributed by atoms with Gasteiger partial charge in [-0.2, -0.15) is 4.72 Å². The van der Waals surface area contributed by atoms with E-state index < -0.39 is 22.0 Å². The molecule has 0 radical (unpaired) electrons. The molecule has 0 fully saturated rings. The van der Waals surface area contributed by atoms with Gasteiger partial charge in [-0.15, -0.1) is 11.8 Å². The molecule has 0 spiro atoms. The normalized spacial score (nSPS) is 12.2. The largest absolute Gasteiger partial charge is 0.495 e. The van der Waals surface area contributed by atoms with E-state index in [1.54, 1.807) is 17.8 Å². The monoisotopic (exact) mass is 490 g/mol. The van der Waals surface area contributed by atoms with Crippen molar-refractivity contribution in [2.45, 2.75) is 22.3 Å². The Labute approximate surface area is 197 Å². The molecule has 2 N–H and O–H groups in total. The molecule has 0 heterocycles. The van der Waals surface area contributed by atoms with Crippen molar-refractivity contribution < 1.29 is 17.9 Å². The molecule has 1 atom stereocenters. The first kappa shape index (κ1) is 24.1. The van der Waals surface area contributed by atoms with Gasteiger partial charge in [0.05, 0.1) is 17.0 Å². The molecule has 3 rings (SSSR count). The topological polar surface area (TPSA) is 84.5 Å². The van der Waals surface area contributed by atoms with E-state index >= 15 is 0 Å². The number of rotatable bonds is 9.